The summed E-state index contributed by atoms with van der Waals surface area (Å²) in [7, 11) is 0. The van der Waals surface area contributed by atoms with Gasteiger partial charge in [-0.3, -0.25) is 9.89 Å². The van der Waals surface area contributed by atoms with Crippen molar-refractivity contribution in [1.29, 1.82) is 0 Å². The summed E-state index contributed by atoms with van der Waals surface area (Å²) in [5.74, 6) is -5.67. The number of halogens is 6. The Balaban J connectivity index is 0.000000497. The molecule has 3 rings (SSSR count). The minimum absolute atomic E-state index is 0.0926. The highest BCUT2D eigenvalue weighted by molar-refractivity contribution is 5.82. The second kappa shape index (κ2) is 16.0. The van der Waals surface area contributed by atoms with E-state index in [4.69, 9.17) is 25.5 Å². The number of aromatic amines is 1. The monoisotopic (exact) mass is 592 g/mol. The fourth-order valence-corrected chi connectivity index (χ4v) is 3.01. The van der Waals surface area contributed by atoms with Crippen molar-refractivity contribution in [2.45, 2.75) is 31.4 Å². The van der Waals surface area contributed by atoms with E-state index in [0.717, 1.165) is 22.3 Å². The highest BCUT2D eigenvalue weighted by atomic mass is 19.4. The first-order valence-electron chi connectivity index (χ1n) is 11.4. The van der Waals surface area contributed by atoms with Gasteiger partial charge in [-0.25, -0.2) is 9.59 Å². The summed E-state index contributed by atoms with van der Waals surface area (Å²) in [5.41, 5.74) is 10.2. The van der Waals surface area contributed by atoms with Crippen molar-refractivity contribution >= 4 is 17.8 Å². The molecular weight excluding hydrogens is 566 g/mol. The van der Waals surface area contributed by atoms with Gasteiger partial charge in [-0.05, 0) is 23.1 Å². The summed E-state index contributed by atoms with van der Waals surface area (Å²) in [4.78, 5) is 32.2. The normalized spacial score (nSPS) is 11.7. The number of aromatic nitrogens is 2. The van der Waals surface area contributed by atoms with E-state index in [-0.39, 0.29) is 19.1 Å². The maximum absolute atomic E-state index is 12.8. The first kappa shape index (κ1) is 34.6. The van der Waals surface area contributed by atoms with Crippen molar-refractivity contribution in [3.63, 3.8) is 0 Å². The number of hydrogen-bond acceptors (Lipinski definition) is 6. The van der Waals surface area contributed by atoms with Crippen LogP contribution in [0.4, 0.5) is 26.3 Å². The Kier molecular flexibility index (Phi) is 13.5. The van der Waals surface area contributed by atoms with E-state index in [9.17, 15) is 36.2 Å². The molecule has 2 aromatic carbocycles. The first-order chi connectivity index (χ1) is 19.1. The van der Waals surface area contributed by atoms with E-state index in [2.05, 4.69) is 10.2 Å². The van der Waals surface area contributed by atoms with Gasteiger partial charge in [-0.2, -0.15) is 31.4 Å². The number of alkyl halides is 6. The van der Waals surface area contributed by atoms with Gasteiger partial charge in [0.1, 0.15) is 0 Å². The van der Waals surface area contributed by atoms with Crippen molar-refractivity contribution in [3.05, 3.63) is 78.1 Å². The van der Waals surface area contributed by atoms with Gasteiger partial charge in [0.25, 0.3) is 0 Å². The molecular formula is C25H26F6N4O6. The lowest BCUT2D eigenvalue weighted by atomic mass is 10.0. The minimum Gasteiger partial charge on any atom is -0.475 e. The molecule has 10 nitrogen and oxygen atoms in total. The van der Waals surface area contributed by atoms with Gasteiger partial charge in [0, 0.05) is 24.8 Å². The molecule has 1 aromatic heterocycles. The number of carbonyl (C=O) groups excluding carboxylic acids is 1. The Morgan fingerprint density at radius 1 is 0.854 bits per heavy atom. The molecule has 6 N–H and O–H groups in total. The predicted octanol–water partition coefficient (Wildman–Crippen LogP) is 3.23. The molecule has 16 heteroatoms. The number of hydrogen-bond donors (Lipinski definition) is 5. The quantitative estimate of drug-likeness (QED) is 0.248. The Morgan fingerprint density at radius 2 is 1.37 bits per heavy atom. The second-order valence-electron chi connectivity index (χ2n) is 8.07. The molecule has 0 spiro atoms. The summed E-state index contributed by atoms with van der Waals surface area (Å²) in [5, 5.41) is 30.3. The average molecular weight is 592 g/mol. The van der Waals surface area contributed by atoms with E-state index in [1.54, 1.807) is 11.1 Å². The zero-order chi connectivity index (χ0) is 31.2. The van der Waals surface area contributed by atoms with Gasteiger partial charge in [0.05, 0.1) is 18.8 Å². The summed E-state index contributed by atoms with van der Waals surface area (Å²) in [6.45, 7) is 0.610. The van der Waals surface area contributed by atoms with Crippen LogP contribution in [0, 0.1) is 0 Å². The Morgan fingerprint density at radius 3 is 1.78 bits per heavy atom. The summed E-state index contributed by atoms with van der Waals surface area (Å²) in [6, 6.07) is 17.0. The van der Waals surface area contributed by atoms with E-state index < -0.39 is 30.3 Å². The number of nitrogens with one attached hydrogen (secondary N) is 1. The number of aliphatic hydroxyl groups excluding tert-OH is 1. The van der Waals surface area contributed by atoms with Crippen molar-refractivity contribution in [1.82, 2.24) is 15.1 Å². The molecule has 0 aliphatic heterocycles. The van der Waals surface area contributed by atoms with Gasteiger partial charge in [0.2, 0.25) is 5.91 Å². The standard InChI is InChI=1S/C21H24N4O2.2C2HF3O2/c22-20(12-16-6-8-18(9-7-16)19-13-23-24-14-19)21(27)25(10-11-26)15-17-4-2-1-3-5-17;2*3-2(4,5)1(6)7/h1-9,13-14,20,26H,10-12,15,22H2,(H,23,24);2*(H,6,7)/t20-;;/m1../s1. The molecule has 1 atom stereocenters. The zero-order valence-corrected chi connectivity index (χ0v) is 21.1. The van der Waals surface area contributed by atoms with Crippen LogP contribution in [0.2, 0.25) is 0 Å². The van der Waals surface area contributed by atoms with Gasteiger partial charge < -0.3 is 26.0 Å². The molecule has 1 heterocycles. The third-order valence-corrected chi connectivity index (χ3v) is 4.94. The number of amides is 1. The second-order valence-corrected chi connectivity index (χ2v) is 8.07. The van der Waals surface area contributed by atoms with Crippen LogP contribution in [-0.4, -0.2) is 79.8 Å². The number of benzene rings is 2. The molecule has 0 aliphatic rings. The molecule has 0 fully saturated rings. The van der Waals surface area contributed by atoms with Gasteiger partial charge in [-0.15, -0.1) is 0 Å². The smallest absolute Gasteiger partial charge is 0.475 e. The molecule has 0 unspecified atom stereocenters. The van der Waals surface area contributed by atoms with Crippen LogP contribution >= 0.6 is 0 Å². The number of carboxylic acids is 2. The Bertz CT molecular complexity index is 1200. The molecule has 0 saturated heterocycles. The highest BCUT2D eigenvalue weighted by Crippen LogP contribution is 2.19. The number of nitrogens with two attached hydrogens (primary N) is 1. The van der Waals surface area contributed by atoms with Crippen molar-refractivity contribution in [2.75, 3.05) is 13.2 Å². The number of carbonyl (C=O) groups is 3. The number of aliphatic carboxylic acids is 2. The number of nitrogens with zero attached hydrogens (tertiary/aromatic N) is 2. The highest BCUT2D eigenvalue weighted by Gasteiger charge is 2.38. The maximum atomic E-state index is 12.8. The Labute approximate surface area is 229 Å². The molecule has 3 aromatic rings. The molecule has 1 amide bonds. The predicted molar refractivity (Wildman–Crippen MR) is 132 cm³/mol. The van der Waals surface area contributed by atoms with Crippen LogP contribution < -0.4 is 5.73 Å². The number of rotatable bonds is 8. The fourth-order valence-electron chi connectivity index (χ4n) is 3.01. The van der Waals surface area contributed by atoms with Crippen LogP contribution in [0.3, 0.4) is 0 Å². The largest absolute Gasteiger partial charge is 0.490 e. The average Bonchev–Trinajstić information content (AvgIpc) is 3.44. The molecule has 0 saturated carbocycles. The number of H-pyrrole nitrogens is 1. The molecule has 0 bridgehead atoms. The molecule has 41 heavy (non-hydrogen) atoms. The lowest BCUT2D eigenvalue weighted by Crippen LogP contribution is -2.45. The lowest BCUT2D eigenvalue weighted by Gasteiger charge is -2.25. The van der Waals surface area contributed by atoms with Gasteiger partial charge in [-0.1, -0.05) is 54.6 Å². The third-order valence-electron chi connectivity index (χ3n) is 4.94. The van der Waals surface area contributed by atoms with E-state index >= 15 is 0 Å². The van der Waals surface area contributed by atoms with Crippen LogP contribution in [0.1, 0.15) is 11.1 Å². The number of aliphatic hydroxyl groups is 1. The van der Waals surface area contributed by atoms with Gasteiger partial charge in [0.15, 0.2) is 0 Å². The number of carboxylic acid groups (broad SMARTS) is 2. The van der Waals surface area contributed by atoms with Crippen LogP contribution in [-0.2, 0) is 27.3 Å². The van der Waals surface area contributed by atoms with Crippen molar-refractivity contribution < 1.29 is 56.0 Å². The minimum atomic E-state index is -5.08. The topological polar surface area (TPSA) is 170 Å². The van der Waals surface area contributed by atoms with Gasteiger partial charge >= 0.3 is 24.3 Å². The van der Waals surface area contributed by atoms with Crippen LogP contribution in [0.5, 0.6) is 0 Å². The lowest BCUT2D eigenvalue weighted by molar-refractivity contribution is -0.193. The van der Waals surface area contributed by atoms with Crippen molar-refractivity contribution in [2.24, 2.45) is 5.73 Å². The molecule has 0 aliphatic carbocycles. The zero-order valence-electron chi connectivity index (χ0n) is 21.1. The van der Waals surface area contributed by atoms with E-state index in [1.807, 2.05) is 60.8 Å². The van der Waals surface area contributed by atoms with Crippen LogP contribution in [0.25, 0.3) is 11.1 Å². The Hall–Kier alpha value is -4.44. The summed E-state index contributed by atoms with van der Waals surface area (Å²) in [6.07, 6.45) is -6.12. The summed E-state index contributed by atoms with van der Waals surface area (Å²) >= 11 is 0. The maximum Gasteiger partial charge on any atom is 0.490 e. The molecule has 224 valence electrons. The van der Waals surface area contributed by atoms with Crippen LogP contribution in [0.15, 0.2) is 67.0 Å². The van der Waals surface area contributed by atoms with E-state index in [0.29, 0.717) is 13.0 Å². The SMILES string of the molecule is N[C@H](Cc1ccc(-c2cn[nH]c2)cc1)C(=O)N(CCO)Cc1ccccc1.O=C(O)C(F)(F)F.O=C(O)C(F)(F)F. The summed E-state index contributed by atoms with van der Waals surface area (Å²) < 4.78 is 63.5. The molecule has 0 radical (unpaired) electrons. The van der Waals surface area contributed by atoms with E-state index in [1.165, 1.54) is 0 Å². The third kappa shape index (κ3) is 13.0. The first-order valence-corrected chi connectivity index (χ1v) is 11.4. The fraction of sp³-hybridized carbons (Fsp3) is 0.280. The van der Waals surface area contributed by atoms with Crippen molar-refractivity contribution in [3.8, 4) is 11.1 Å².